The fraction of sp³-hybridized carbons (Fsp3) is 0.583. The van der Waals surface area contributed by atoms with Gasteiger partial charge in [0, 0.05) is 36.8 Å². The van der Waals surface area contributed by atoms with Gasteiger partial charge in [-0.25, -0.2) is 0 Å². The van der Waals surface area contributed by atoms with Gasteiger partial charge in [0.25, 0.3) is 11.6 Å². The van der Waals surface area contributed by atoms with E-state index in [1.807, 2.05) is 0 Å². The predicted octanol–water partition coefficient (Wildman–Crippen LogP) is 22.1. The second-order valence-electron chi connectivity index (χ2n) is 26.9. The van der Waals surface area contributed by atoms with E-state index in [2.05, 4.69) is 222 Å². The minimum atomic E-state index is -2.26. The van der Waals surface area contributed by atoms with Crippen LogP contribution in [0.15, 0.2) is 60.7 Å². The number of hydrogen-bond donors (Lipinski definition) is 0. The molecule has 6 heteroatoms. The van der Waals surface area contributed by atoms with Crippen molar-refractivity contribution >= 4 is 70.0 Å². The zero-order chi connectivity index (χ0) is 56.8. The summed E-state index contributed by atoms with van der Waals surface area (Å²) in [6.45, 7) is 47.6. The summed E-state index contributed by atoms with van der Waals surface area (Å²) in [5.41, 5.74) is 14.3. The molecular formula is C72H100O4Si2. The normalized spacial score (nSPS) is 18.5. The van der Waals surface area contributed by atoms with Crippen molar-refractivity contribution in [2.75, 3.05) is 0 Å². The Balaban J connectivity index is 1.53. The molecule has 78 heavy (non-hydrogen) atoms. The van der Waals surface area contributed by atoms with Crippen molar-refractivity contribution in [3.63, 3.8) is 0 Å². The first-order valence-corrected chi connectivity index (χ1v) is 35.7. The first-order chi connectivity index (χ1) is 37.0. The van der Waals surface area contributed by atoms with Gasteiger partial charge in [0.2, 0.25) is 0 Å². The molecule has 0 bridgehead atoms. The number of benzene rings is 6. The van der Waals surface area contributed by atoms with Crippen molar-refractivity contribution in [2.24, 2.45) is 23.7 Å². The number of hydrogen-bond acceptors (Lipinski definition) is 4. The Hall–Kier alpha value is -4.63. The zero-order valence-corrected chi connectivity index (χ0v) is 54.3. The molecule has 2 aliphatic heterocycles. The van der Waals surface area contributed by atoms with Crippen LogP contribution in [0.5, 0.6) is 23.0 Å². The molecule has 0 aliphatic carbocycles. The van der Waals surface area contributed by atoms with Gasteiger partial charge >= 0.3 is 0 Å². The smallest absolute Gasteiger partial charge is 0.252 e. The lowest BCUT2D eigenvalue weighted by Gasteiger charge is -2.42. The van der Waals surface area contributed by atoms with Crippen LogP contribution in [-0.2, 0) is 0 Å². The molecule has 2 heterocycles. The van der Waals surface area contributed by atoms with Crippen LogP contribution in [0.1, 0.15) is 214 Å². The molecule has 2 aliphatic rings. The summed E-state index contributed by atoms with van der Waals surface area (Å²) in [6, 6.07) is 23.6. The maximum atomic E-state index is 7.02. The molecule has 0 saturated heterocycles. The Morgan fingerprint density at radius 2 is 0.526 bits per heavy atom. The maximum Gasteiger partial charge on any atom is 0.252 e. The third kappa shape index (κ3) is 11.0. The zero-order valence-electron chi connectivity index (χ0n) is 52.3. The average Bonchev–Trinajstić information content (AvgIpc) is 4.07. The van der Waals surface area contributed by atoms with Crippen LogP contribution in [0.2, 0.25) is 33.2 Å². The molecule has 6 unspecified atom stereocenters. The van der Waals surface area contributed by atoms with Crippen molar-refractivity contribution in [2.45, 2.75) is 248 Å². The molecule has 0 spiro atoms. The molecular weight excluding hydrogens is 985 g/mol. The van der Waals surface area contributed by atoms with Crippen LogP contribution in [0.4, 0.5) is 0 Å². The summed E-state index contributed by atoms with van der Waals surface area (Å²) < 4.78 is 27.9. The van der Waals surface area contributed by atoms with E-state index in [0.29, 0.717) is 56.9 Å². The molecule has 4 nitrogen and oxygen atoms in total. The van der Waals surface area contributed by atoms with E-state index < -0.39 is 27.7 Å². The third-order valence-corrected chi connectivity index (χ3v) is 32.9. The first kappa shape index (κ1) is 59.5. The average molecular weight is 1090 g/mol. The molecule has 420 valence electrons. The lowest BCUT2D eigenvalue weighted by molar-refractivity contribution is -0.108. The largest absolute Gasteiger partial charge is 0.448 e. The maximum absolute atomic E-state index is 7.02. The number of ether oxygens (including phenoxy) is 4. The van der Waals surface area contributed by atoms with Gasteiger partial charge < -0.3 is 18.9 Å². The topological polar surface area (TPSA) is 36.9 Å². The summed E-state index contributed by atoms with van der Waals surface area (Å²) in [5.74, 6) is 12.1. The fourth-order valence-corrected chi connectivity index (χ4v) is 27.0. The number of rotatable bonds is 20. The molecule has 6 atom stereocenters. The van der Waals surface area contributed by atoms with Crippen LogP contribution >= 0.6 is 0 Å². The molecule has 0 radical (unpaired) electrons. The predicted molar refractivity (Wildman–Crippen MR) is 343 cm³/mol. The fourth-order valence-electron chi connectivity index (χ4n) is 14.9. The van der Waals surface area contributed by atoms with E-state index in [9.17, 15) is 0 Å². The lowest BCUT2D eigenvalue weighted by Crippen LogP contribution is -2.45. The second kappa shape index (κ2) is 23.5. The number of fused-ring (bicyclic) bond motifs is 7. The van der Waals surface area contributed by atoms with Crippen LogP contribution in [0, 0.1) is 46.6 Å². The molecule has 0 fully saturated rings. The minimum Gasteiger partial charge on any atom is -0.448 e. The van der Waals surface area contributed by atoms with Gasteiger partial charge in [-0.2, -0.15) is 0 Å². The highest BCUT2D eigenvalue weighted by molar-refractivity contribution is 6.91. The first-order valence-electron chi connectivity index (χ1n) is 31.2. The van der Waals surface area contributed by atoms with Crippen LogP contribution in [-0.4, -0.2) is 27.7 Å². The summed E-state index contributed by atoms with van der Waals surface area (Å²) in [5, 5.41) is 11.7. The van der Waals surface area contributed by atoms with E-state index >= 15 is 0 Å². The van der Waals surface area contributed by atoms with Crippen molar-refractivity contribution < 1.29 is 18.9 Å². The Morgan fingerprint density at radius 1 is 0.321 bits per heavy atom. The highest BCUT2D eigenvalue weighted by Gasteiger charge is 2.48. The van der Waals surface area contributed by atoms with Gasteiger partial charge in [0.1, 0.15) is 16.1 Å². The van der Waals surface area contributed by atoms with E-state index in [1.165, 1.54) is 32.3 Å². The van der Waals surface area contributed by atoms with Crippen molar-refractivity contribution in [3.8, 4) is 45.9 Å². The minimum absolute atomic E-state index is 0.415. The molecule has 6 aromatic carbocycles. The highest BCUT2D eigenvalue weighted by Crippen LogP contribution is 2.52. The second-order valence-corrected chi connectivity index (χ2v) is 37.0. The Kier molecular flexibility index (Phi) is 17.9. The SMILES string of the molecule is CCC(C)[Si](C#Cc1c2cc3cc4c(cc3cc2c(C#C[Si](C(C)CC)(C(C)CC)C(C)CC)c2cc3cc5cc6c(cc5cc3cc12)OC(CC(C)C)(CC(C)C)O6)OC(CC(C)C)(CC(C)C)O4)(C(C)CC)C(C)CC. The Morgan fingerprint density at radius 3 is 0.731 bits per heavy atom. The Labute approximate surface area is 475 Å². The van der Waals surface area contributed by atoms with Crippen LogP contribution in [0.3, 0.4) is 0 Å². The van der Waals surface area contributed by atoms with Gasteiger partial charge in [0.15, 0.2) is 23.0 Å². The van der Waals surface area contributed by atoms with E-state index in [0.717, 1.165) is 120 Å². The van der Waals surface area contributed by atoms with Crippen molar-refractivity contribution in [1.82, 2.24) is 0 Å². The quantitative estimate of drug-likeness (QED) is 0.0434. The van der Waals surface area contributed by atoms with E-state index in [1.54, 1.807) is 0 Å². The van der Waals surface area contributed by atoms with Gasteiger partial charge in [-0.3, -0.25) is 0 Å². The van der Waals surface area contributed by atoms with Crippen LogP contribution < -0.4 is 18.9 Å². The molecule has 0 N–H and O–H groups in total. The molecule has 0 aromatic heterocycles. The summed E-state index contributed by atoms with van der Waals surface area (Å²) in [6.07, 6.45) is 10.2. The lowest BCUT2D eigenvalue weighted by atomic mass is 9.88. The standard InChI is InChI=1S/C72H100O4Si2/c1-21-49(15)77(50(16)22-2,51(17)23-3)29-27-61-63-33-55-31-57-37-67-68(74-71(73-67,41-45(7)8)42-46(9)10)38-58(57)32-56(55)34-64(63)62(28-30-78(52(18)24-4,53(19)25-5)54(20)26-6)66-36-60-40-70-69(39-59(60)35-65(61)66)75-72(76-70,43-47(11)12)44-48(13)14/h31-40,45-54H,21-26,41-44H2,1-20H3. The van der Waals surface area contributed by atoms with E-state index in [4.69, 9.17) is 18.9 Å². The third-order valence-electron chi connectivity index (χ3n) is 19.5. The summed E-state index contributed by atoms with van der Waals surface area (Å²) in [4.78, 5) is 0. The molecule has 8 rings (SSSR count). The molecule has 0 saturated carbocycles. The summed E-state index contributed by atoms with van der Waals surface area (Å²) in [7, 11) is -4.51. The van der Waals surface area contributed by atoms with Crippen molar-refractivity contribution in [1.29, 1.82) is 0 Å². The van der Waals surface area contributed by atoms with Crippen LogP contribution in [0.25, 0.3) is 53.9 Å². The Bertz CT molecular complexity index is 3010. The van der Waals surface area contributed by atoms with Gasteiger partial charge in [0.05, 0.1) is 0 Å². The van der Waals surface area contributed by atoms with E-state index in [-0.39, 0.29) is 0 Å². The van der Waals surface area contributed by atoms with Gasteiger partial charge in [-0.05, 0) is 171 Å². The van der Waals surface area contributed by atoms with Gasteiger partial charge in [-0.1, -0.05) is 189 Å². The highest BCUT2D eigenvalue weighted by atomic mass is 28.3. The monoisotopic (exact) mass is 1080 g/mol. The molecule has 0 amide bonds. The van der Waals surface area contributed by atoms with Gasteiger partial charge in [-0.15, -0.1) is 11.1 Å². The molecule has 6 aromatic rings. The van der Waals surface area contributed by atoms with Crippen molar-refractivity contribution in [3.05, 3.63) is 71.8 Å². The summed E-state index contributed by atoms with van der Waals surface area (Å²) >= 11 is 0.